The molecule has 5 nitrogen and oxygen atoms in total. The smallest absolute Gasteiger partial charge is 0.410 e. The molecule has 2 atom stereocenters. The van der Waals surface area contributed by atoms with Gasteiger partial charge in [0.05, 0.1) is 24.6 Å². The summed E-state index contributed by atoms with van der Waals surface area (Å²) in [6, 6.07) is 2.02. The number of amides is 1. The third kappa shape index (κ3) is 4.59. The Hall–Kier alpha value is -1.32. The standard InChI is InChI=1S/C16H28N2O3Si/c1-7-10-20-15(19)18-12-14(11-13(18)8-9-17)21-22(5,6)16(2,3)4/h7,13-14H,1,8,10-12H2,2-6H3. The second-order valence-corrected chi connectivity index (χ2v) is 12.0. The van der Waals surface area contributed by atoms with E-state index in [1.54, 1.807) is 4.90 Å². The number of carbonyl (C=O) groups excluding carboxylic acids is 1. The lowest BCUT2D eigenvalue weighted by Gasteiger charge is -2.38. The first-order valence-electron chi connectivity index (χ1n) is 7.71. The van der Waals surface area contributed by atoms with Crippen molar-refractivity contribution in [3.05, 3.63) is 12.7 Å². The molecule has 0 aromatic carbocycles. The Kier molecular flexibility index (Phi) is 6.21. The summed E-state index contributed by atoms with van der Waals surface area (Å²) in [4.78, 5) is 13.7. The maximum absolute atomic E-state index is 12.1. The SMILES string of the molecule is C=CCOC(=O)N1CC(O[Si](C)(C)C(C)(C)C)CC1CC#N. The molecule has 2 unspecified atom stereocenters. The minimum Gasteiger partial charge on any atom is -0.445 e. The Bertz CT molecular complexity index is 451. The topological polar surface area (TPSA) is 62.6 Å². The fourth-order valence-electron chi connectivity index (χ4n) is 2.29. The van der Waals surface area contributed by atoms with Gasteiger partial charge in [-0.2, -0.15) is 5.26 Å². The summed E-state index contributed by atoms with van der Waals surface area (Å²) >= 11 is 0. The highest BCUT2D eigenvalue weighted by molar-refractivity contribution is 6.74. The summed E-state index contributed by atoms with van der Waals surface area (Å²) in [5.41, 5.74) is 0. The van der Waals surface area contributed by atoms with E-state index in [1.807, 2.05) is 0 Å². The molecule has 0 radical (unpaired) electrons. The first-order chi connectivity index (χ1) is 10.1. The van der Waals surface area contributed by atoms with Gasteiger partial charge in [-0.15, -0.1) is 0 Å². The Balaban J connectivity index is 2.76. The highest BCUT2D eigenvalue weighted by atomic mass is 28.4. The Morgan fingerprint density at radius 1 is 1.50 bits per heavy atom. The molecule has 1 aliphatic heterocycles. The van der Waals surface area contributed by atoms with Crippen LogP contribution in [0.3, 0.4) is 0 Å². The zero-order valence-electron chi connectivity index (χ0n) is 14.4. The number of nitriles is 1. The molecule has 0 aromatic rings. The number of carbonyl (C=O) groups is 1. The third-order valence-electron chi connectivity index (χ3n) is 4.53. The van der Waals surface area contributed by atoms with Crippen molar-refractivity contribution in [1.82, 2.24) is 4.90 Å². The average molecular weight is 324 g/mol. The van der Waals surface area contributed by atoms with Crippen LogP contribution in [0.25, 0.3) is 0 Å². The monoisotopic (exact) mass is 324 g/mol. The van der Waals surface area contributed by atoms with Crippen LogP contribution in [0.15, 0.2) is 12.7 Å². The molecule has 0 N–H and O–H groups in total. The van der Waals surface area contributed by atoms with Crippen molar-refractivity contribution in [2.24, 2.45) is 0 Å². The van der Waals surface area contributed by atoms with E-state index in [1.165, 1.54) is 6.08 Å². The molecule has 1 heterocycles. The van der Waals surface area contributed by atoms with Crippen LogP contribution in [0.1, 0.15) is 33.6 Å². The van der Waals surface area contributed by atoms with Gasteiger partial charge in [0, 0.05) is 6.54 Å². The average Bonchev–Trinajstić information content (AvgIpc) is 2.77. The number of rotatable bonds is 5. The molecular weight excluding hydrogens is 296 g/mol. The van der Waals surface area contributed by atoms with E-state index in [9.17, 15) is 4.79 Å². The third-order valence-corrected chi connectivity index (χ3v) is 9.06. The van der Waals surface area contributed by atoms with Crippen molar-refractivity contribution < 1.29 is 14.0 Å². The van der Waals surface area contributed by atoms with Gasteiger partial charge in [-0.1, -0.05) is 33.4 Å². The lowest BCUT2D eigenvalue weighted by Crippen LogP contribution is -2.44. The summed E-state index contributed by atoms with van der Waals surface area (Å²) < 4.78 is 11.5. The Morgan fingerprint density at radius 2 is 2.14 bits per heavy atom. The minimum absolute atomic E-state index is 0.0180. The van der Waals surface area contributed by atoms with E-state index in [4.69, 9.17) is 14.4 Å². The second kappa shape index (κ2) is 7.29. The molecule has 1 saturated heterocycles. The zero-order chi connectivity index (χ0) is 17.0. The molecule has 0 spiro atoms. The first kappa shape index (κ1) is 18.7. The van der Waals surface area contributed by atoms with Crippen molar-refractivity contribution in [1.29, 1.82) is 5.26 Å². The normalized spacial score (nSPS) is 22.3. The maximum Gasteiger partial charge on any atom is 0.410 e. The lowest BCUT2D eigenvalue weighted by atomic mass is 10.1. The van der Waals surface area contributed by atoms with Crippen molar-refractivity contribution in [3.8, 4) is 6.07 Å². The van der Waals surface area contributed by atoms with Gasteiger partial charge in [0.15, 0.2) is 8.32 Å². The van der Waals surface area contributed by atoms with Crippen LogP contribution in [0.4, 0.5) is 4.79 Å². The van der Waals surface area contributed by atoms with E-state index in [0.29, 0.717) is 19.4 Å². The van der Waals surface area contributed by atoms with Crippen molar-refractivity contribution in [3.63, 3.8) is 0 Å². The number of ether oxygens (including phenoxy) is 1. The summed E-state index contributed by atoms with van der Waals surface area (Å²) in [5.74, 6) is 0. The summed E-state index contributed by atoms with van der Waals surface area (Å²) in [6.45, 7) is 15.2. The number of hydrogen-bond donors (Lipinski definition) is 0. The van der Waals surface area contributed by atoms with Crippen LogP contribution in [0.5, 0.6) is 0 Å². The van der Waals surface area contributed by atoms with Crippen LogP contribution < -0.4 is 0 Å². The minimum atomic E-state index is -1.89. The van der Waals surface area contributed by atoms with Crippen molar-refractivity contribution >= 4 is 14.4 Å². The van der Waals surface area contributed by atoms with E-state index >= 15 is 0 Å². The summed E-state index contributed by atoms with van der Waals surface area (Å²) in [5, 5.41) is 9.09. The number of likely N-dealkylation sites (tertiary alicyclic amines) is 1. The van der Waals surface area contributed by atoms with Gasteiger partial charge in [0.2, 0.25) is 0 Å². The molecule has 0 aromatic heterocycles. The predicted molar refractivity (Wildman–Crippen MR) is 89.0 cm³/mol. The predicted octanol–water partition coefficient (Wildman–Crippen LogP) is 3.69. The van der Waals surface area contributed by atoms with Gasteiger partial charge in [-0.05, 0) is 24.6 Å². The largest absolute Gasteiger partial charge is 0.445 e. The highest BCUT2D eigenvalue weighted by Gasteiger charge is 2.43. The van der Waals surface area contributed by atoms with Crippen LogP contribution in [0, 0.1) is 11.3 Å². The van der Waals surface area contributed by atoms with E-state index < -0.39 is 8.32 Å². The van der Waals surface area contributed by atoms with E-state index in [2.05, 4.69) is 46.5 Å². The van der Waals surface area contributed by atoms with Crippen molar-refractivity contribution in [2.75, 3.05) is 13.2 Å². The van der Waals surface area contributed by atoms with E-state index in [0.717, 1.165) is 0 Å². The highest BCUT2D eigenvalue weighted by Crippen LogP contribution is 2.39. The van der Waals surface area contributed by atoms with Crippen LogP contribution in [-0.4, -0.2) is 44.6 Å². The maximum atomic E-state index is 12.1. The molecule has 1 fully saturated rings. The Morgan fingerprint density at radius 3 is 2.64 bits per heavy atom. The molecule has 1 aliphatic rings. The van der Waals surface area contributed by atoms with Crippen LogP contribution in [-0.2, 0) is 9.16 Å². The van der Waals surface area contributed by atoms with Gasteiger partial charge in [-0.25, -0.2) is 4.79 Å². The van der Waals surface area contributed by atoms with Gasteiger partial charge < -0.3 is 14.1 Å². The molecule has 6 heteroatoms. The number of nitrogens with zero attached hydrogens (tertiary/aromatic N) is 2. The van der Waals surface area contributed by atoms with Crippen LogP contribution >= 0.6 is 0 Å². The zero-order valence-corrected chi connectivity index (χ0v) is 15.4. The van der Waals surface area contributed by atoms with Crippen LogP contribution in [0.2, 0.25) is 18.1 Å². The summed E-state index contributed by atoms with van der Waals surface area (Å²) in [6.07, 6.45) is 2.14. The van der Waals surface area contributed by atoms with Gasteiger partial charge in [-0.3, -0.25) is 0 Å². The summed E-state index contributed by atoms with van der Waals surface area (Å²) in [7, 11) is -1.89. The molecule has 0 aliphatic carbocycles. The molecule has 0 saturated carbocycles. The first-order valence-corrected chi connectivity index (χ1v) is 10.6. The van der Waals surface area contributed by atoms with Crippen molar-refractivity contribution in [2.45, 2.75) is 63.9 Å². The molecule has 124 valence electrons. The van der Waals surface area contributed by atoms with Gasteiger partial charge in [0.25, 0.3) is 0 Å². The van der Waals surface area contributed by atoms with Gasteiger partial charge >= 0.3 is 6.09 Å². The van der Waals surface area contributed by atoms with Gasteiger partial charge in [0.1, 0.15) is 6.61 Å². The fourth-order valence-corrected chi connectivity index (χ4v) is 3.65. The quantitative estimate of drug-likeness (QED) is 0.571. The molecule has 1 rings (SSSR count). The fraction of sp³-hybridized carbons (Fsp3) is 0.750. The Labute approximate surface area is 135 Å². The number of hydrogen-bond acceptors (Lipinski definition) is 4. The molecule has 22 heavy (non-hydrogen) atoms. The molecule has 1 amide bonds. The molecule has 0 bridgehead atoms. The van der Waals surface area contributed by atoms with E-state index in [-0.39, 0.29) is 29.9 Å². The lowest BCUT2D eigenvalue weighted by molar-refractivity contribution is 0.103. The molecular formula is C16H28N2O3Si. The second-order valence-electron chi connectivity index (χ2n) is 7.27.